The van der Waals surface area contributed by atoms with Gasteiger partial charge in [-0.3, -0.25) is 10.2 Å². The molecule has 1 saturated heterocycles. The van der Waals surface area contributed by atoms with Crippen LogP contribution in [0.2, 0.25) is 0 Å². The van der Waals surface area contributed by atoms with Crippen molar-refractivity contribution in [3.63, 3.8) is 0 Å². The molecule has 5 rings (SSSR count). The number of rotatable bonds is 9. The molecule has 220 valence electrons. The van der Waals surface area contributed by atoms with Crippen LogP contribution in [-0.2, 0) is 9.53 Å². The van der Waals surface area contributed by atoms with Crippen LogP contribution < -0.4 is 11.1 Å². The molecule has 41 heavy (non-hydrogen) atoms. The van der Waals surface area contributed by atoms with Gasteiger partial charge in [-0.15, -0.1) is 0 Å². The summed E-state index contributed by atoms with van der Waals surface area (Å²) >= 11 is 3.18. The van der Waals surface area contributed by atoms with E-state index < -0.39 is 0 Å². The number of halogens is 1. The molecule has 0 spiro atoms. The molecule has 0 unspecified atom stereocenters. The summed E-state index contributed by atoms with van der Waals surface area (Å²) < 4.78 is 10.4. The number of alkyl halides is 1. The highest BCUT2D eigenvalue weighted by molar-refractivity contribution is 9.09. The zero-order valence-corrected chi connectivity index (χ0v) is 25.6. The van der Waals surface area contributed by atoms with Gasteiger partial charge in [0.1, 0.15) is 23.7 Å². The van der Waals surface area contributed by atoms with Gasteiger partial charge in [-0.1, -0.05) is 21.1 Å². The lowest BCUT2D eigenvalue weighted by Crippen LogP contribution is -2.31. The van der Waals surface area contributed by atoms with E-state index in [1.807, 2.05) is 33.2 Å². The molecule has 12 nitrogen and oxygen atoms in total. The first-order valence-corrected chi connectivity index (χ1v) is 14.8. The van der Waals surface area contributed by atoms with Gasteiger partial charge < -0.3 is 25.2 Å². The van der Waals surface area contributed by atoms with Crippen molar-refractivity contribution in [2.24, 2.45) is 0 Å². The normalized spacial score (nSPS) is 15.7. The Kier molecular flexibility index (Phi) is 10.0. The molecule has 3 aromatic rings. The maximum absolute atomic E-state index is 11.0. The second kappa shape index (κ2) is 13.5. The number of nitrogen functional groups attached to an aromatic ring is 1. The summed E-state index contributed by atoms with van der Waals surface area (Å²) in [4.78, 5) is 30.6. The van der Waals surface area contributed by atoms with Gasteiger partial charge in [0.15, 0.2) is 11.6 Å². The highest BCUT2D eigenvalue weighted by atomic mass is 79.9. The number of ether oxygens (including phenoxy) is 1. The molecule has 0 aromatic carbocycles. The summed E-state index contributed by atoms with van der Waals surface area (Å²) in [6.07, 6.45) is 9.72. The van der Waals surface area contributed by atoms with Gasteiger partial charge in [0, 0.05) is 49.4 Å². The summed E-state index contributed by atoms with van der Waals surface area (Å²) in [6.45, 7) is 8.29. The Morgan fingerprint density at radius 1 is 1.17 bits per heavy atom. The molecule has 4 heterocycles. The number of anilines is 2. The third-order valence-electron chi connectivity index (χ3n) is 6.85. The lowest BCUT2D eigenvalue weighted by atomic mass is 9.91. The molecule has 1 amide bonds. The summed E-state index contributed by atoms with van der Waals surface area (Å²) in [5, 5.41) is 17.6. The number of methoxy groups -OCH3 is 1. The van der Waals surface area contributed by atoms with Crippen LogP contribution in [0.4, 0.5) is 11.6 Å². The van der Waals surface area contributed by atoms with Crippen molar-refractivity contribution in [1.82, 2.24) is 30.0 Å². The minimum absolute atomic E-state index is 0.0550. The van der Waals surface area contributed by atoms with Crippen LogP contribution in [0.5, 0.6) is 0 Å². The number of amides is 1. The van der Waals surface area contributed by atoms with E-state index >= 15 is 0 Å². The maximum atomic E-state index is 11.0. The minimum Gasteiger partial charge on any atom is -0.384 e. The van der Waals surface area contributed by atoms with Crippen molar-refractivity contribution in [2.45, 2.75) is 63.8 Å². The third-order valence-corrected chi connectivity index (χ3v) is 7.17. The zero-order chi connectivity index (χ0) is 29.6. The quantitative estimate of drug-likeness (QED) is 0.176. The van der Waals surface area contributed by atoms with Crippen molar-refractivity contribution in [2.75, 3.05) is 43.2 Å². The van der Waals surface area contributed by atoms with Gasteiger partial charge in [0.05, 0.1) is 23.4 Å². The van der Waals surface area contributed by atoms with E-state index in [-0.39, 0.29) is 23.0 Å². The molecule has 4 N–H and O–H groups in total. The first-order valence-electron chi connectivity index (χ1n) is 13.7. The number of carbonyl (C=O) groups excluding carboxylic acids is 1. The lowest BCUT2D eigenvalue weighted by molar-refractivity contribution is -0.119. The minimum atomic E-state index is -0.303. The molecular weight excluding hydrogens is 590 g/mol. The number of nitrogens with one attached hydrogen (secondary N) is 2. The summed E-state index contributed by atoms with van der Waals surface area (Å²) in [5.74, 6) is 2.35. The SMILES string of the molecule is CC(C)(C)Nc1ncnc(N)c1C(=N)c1noc(C2CC2)c1-c1ncc(C2CCN(C=O)CC2)cn1.COCCBr. The van der Waals surface area contributed by atoms with Crippen LogP contribution in [0.1, 0.15) is 80.9 Å². The van der Waals surface area contributed by atoms with E-state index in [2.05, 4.69) is 51.1 Å². The van der Waals surface area contributed by atoms with Crippen molar-refractivity contribution in [3.8, 4) is 11.4 Å². The Hall–Kier alpha value is -3.45. The Morgan fingerprint density at radius 3 is 2.39 bits per heavy atom. The predicted octanol–water partition coefficient (Wildman–Crippen LogP) is 4.37. The standard InChI is InChI=1S/C25H31N9O2.C3H7BrO/c1-25(2,3)32-24-17(22(27)30-12-31-24)19(26)20-18(21(36-33-20)15-4-5-15)23-28-10-16(11-29-23)14-6-8-34(13-35)9-7-14;1-5-3-2-4/h10-15,26H,4-9H2,1-3H3,(H3,27,30,31,32);2-3H2,1H3. The fourth-order valence-electron chi connectivity index (χ4n) is 4.62. The van der Waals surface area contributed by atoms with E-state index in [4.69, 9.17) is 15.7 Å². The molecule has 1 aliphatic carbocycles. The molecule has 3 aromatic heterocycles. The predicted molar refractivity (Wildman–Crippen MR) is 161 cm³/mol. The van der Waals surface area contributed by atoms with Crippen molar-refractivity contribution in [1.29, 1.82) is 5.41 Å². The molecular formula is C28H38BrN9O3. The smallest absolute Gasteiger partial charge is 0.209 e. The number of aromatic nitrogens is 5. The monoisotopic (exact) mass is 627 g/mol. The number of hydrogen-bond acceptors (Lipinski definition) is 11. The topological polar surface area (TPSA) is 169 Å². The molecule has 2 fully saturated rings. The molecule has 1 saturated carbocycles. The summed E-state index contributed by atoms with van der Waals surface area (Å²) in [7, 11) is 1.68. The average molecular weight is 629 g/mol. The number of piperidine rings is 1. The number of nitrogens with two attached hydrogens (primary N) is 1. The highest BCUT2D eigenvalue weighted by Crippen LogP contribution is 2.45. The van der Waals surface area contributed by atoms with E-state index in [9.17, 15) is 4.79 Å². The van der Waals surface area contributed by atoms with E-state index in [1.54, 1.807) is 12.0 Å². The maximum Gasteiger partial charge on any atom is 0.209 e. The molecule has 2 aliphatic rings. The fourth-order valence-corrected chi connectivity index (χ4v) is 4.94. The van der Waals surface area contributed by atoms with Crippen molar-refractivity contribution >= 4 is 39.7 Å². The third kappa shape index (κ3) is 7.64. The van der Waals surface area contributed by atoms with Gasteiger partial charge in [-0.2, -0.15) is 0 Å². The highest BCUT2D eigenvalue weighted by Gasteiger charge is 2.36. The first-order chi connectivity index (χ1) is 19.7. The Labute approximate surface area is 248 Å². The number of carbonyl (C=O) groups is 1. The Bertz CT molecular complexity index is 1330. The van der Waals surface area contributed by atoms with E-state index in [0.717, 1.165) is 62.7 Å². The van der Waals surface area contributed by atoms with Crippen LogP contribution in [0.15, 0.2) is 23.2 Å². The van der Waals surface area contributed by atoms with Crippen LogP contribution in [0.25, 0.3) is 11.4 Å². The second-order valence-electron chi connectivity index (χ2n) is 11.2. The van der Waals surface area contributed by atoms with E-state index in [0.29, 0.717) is 40.1 Å². The molecule has 0 radical (unpaired) electrons. The number of hydrogen-bond donors (Lipinski definition) is 3. The largest absolute Gasteiger partial charge is 0.384 e. The van der Waals surface area contributed by atoms with E-state index in [1.165, 1.54) is 6.33 Å². The second-order valence-corrected chi connectivity index (χ2v) is 12.0. The molecule has 0 bridgehead atoms. The summed E-state index contributed by atoms with van der Waals surface area (Å²) in [5.41, 5.74) is 8.32. The number of likely N-dealkylation sites (tertiary alicyclic amines) is 1. The zero-order valence-electron chi connectivity index (χ0n) is 24.0. The average Bonchev–Trinajstić information content (AvgIpc) is 3.70. The van der Waals surface area contributed by atoms with Gasteiger partial charge in [0.2, 0.25) is 6.41 Å². The van der Waals surface area contributed by atoms with Gasteiger partial charge >= 0.3 is 0 Å². The first kappa shape index (κ1) is 30.5. The molecule has 13 heteroatoms. The Morgan fingerprint density at radius 2 is 1.85 bits per heavy atom. The van der Waals surface area contributed by atoms with Crippen LogP contribution in [0, 0.1) is 5.41 Å². The van der Waals surface area contributed by atoms with Crippen molar-refractivity contribution < 1.29 is 14.1 Å². The molecule has 1 aliphatic heterocycles. The number of nitrogens with zero attached hydrogens (tertiary/aromatic N) is 6. The molecule has 0 atom stereocenters. The summed E-state index contributed by atoms with van der Waals surface area (Å²) in [6, 6.07) is 0. The fraction of sp³-hybridized carbons (Fsp3) is 0.536. The lowest BCUT2D eigenvalue weighted by Gasteiger charge is -2.29. The van der Waals surface area contributed by atoms with Crippen molar-refractivity contribution in [3.05, 3.63) is 41.3 Å². The van der Waals surface area contributed by atoms with Crippen LogP contribution in [-0.4, -0.2) is 79.8 Å². The van der Waals surface area contributed by atoms with Gasteiger partial charge in [-0.05, 0) is 57.9 Å². The Balaban J connectivity index is 0.000000714. The van der Waals surface area contributed by atoms with Crippen LogP contribution in [0.3, 0.4) is 0 Å². The van der Waals surface area contributed by atoms with Gasteiger partial charge in [0.25, 0.3) is 0 Å². The van der Waals surface area contributed by atoms with Gasteiger partial charge in [-0.25, -0.2) is 19.9 Å². The van der Waals surface area contributed by atoms with Crippen LogP contribution >= 0.6 is 15.9 Å².